The highest BCUT2D eigenvalue weighted by atomic mass is 19.1. The van der Waals surface area contributed by atoms with Crippen LogP contribution in [-0.2, 0) is 6.54 Å². The minimum absolute atomic E-state index is 0.169. The summed E-state index contributed by atoms with van der Waals surface area (Å²) < 4.78 is 19.4. The van der Waals surface area contributed by atoms with Crippen molar-refractivity contribution in [3.8, 4) is 11.6 Å². The molecule has 4 heteroatoms. The molecule has 0 fully saturated rings. The van der Waals surface area contributed by atoms with Gasteiger partial charge in [-0.1, -0.05) is 12.1 Å². The molecule has 0 radical (unpaired) electrons. The van der Waals surface area contributed by atoms with E-state index in [-0.39, 0.29) is 11.6 Å². The molecule has 2 rings (SSSR count). The lowest BCUT2D eigenvalue weighted by molar-refractivity contribution is 0.420. The molecule has 3 nitrogen and oxygen atoms in total. The maximum Gasteiger partial charge on any atom is 0.224 e. The predicted molar refractivity (Wildman–Crippen MR) is 68.1 cm³/mol. The third-order valence-electron chi connectivity index (χ3n) is 2.82. The zero-order valence-corrected chi connectivity index (χ0v) is 10.4. The Labute approximate surface area is 105 Å². The lowest BCUT2D eigenvalue weighted by Crippen LogP contribution is -2.04. The molecule has 0 spiro atoms. The van der Waals surface area contributed by atoms with E-state index in [9.17, 15) is 4.39 Å². The average Bonchev–Trinajstić information content (AvgIpc) is 2.35. The predicted octanol–water partition coefficient (Wildman–Crippen LogP) is 3.09. The van der Waals surface area contributed by atoms with E-state index >= 15 is 0 Å². The standard InChI is InChI=1S/C14H15FN2O/c1-9-6-7-17-14(11(9)8-16)18-12-5-3-4-10(2)13(12)15/h3-7H,8,16H2,1-2H3. The second-order valence-electron chi connectivity index (χ2n) is 4.10. The first-order valence-corrected chi connectivity index (χ1v) is 5.71. The Bertz CT molecular complexity index is 570. The van der Waals surface area contributed by atoms with E-state index in [0.29, 0.717) is 18.0 Å². The Hall–Kier alpha value is -1.94. The van der Waals surface area contributed by atoms with Crippen LogP contribution in [0.1, 0.15) is 16.7 Å². The van der Waals surface area contributed by atoms with Crippen molar-refractivity contribution in [2.24, 2.45) is 5.73 Å². The van der Waals surface area contributed by atoms with Crippen molar-refractivity contribution in [3.63, 3.8) is 0 Å². The summed E-state index contributed by atoms with van der Waals surface area (Å²) in [5.74, 6) is 0.161. The van der Waals surface area contributed by atoms with Crippen LogP contribution in [0.2, 0.25) is 0 Å². The zero-order chi connectivity index (χ0) is 13.1. The monoisotopic (exact) mass is 246 g/mol. The number of halogens is 1. The van der Waals surface area contributed by atoms with Gasteiger partial charge in [-0.15, -0.1) is 0 Å². The number of aryl methyl sites for hydroxylation is 2. The first-order valence-electron chi connectivity index (χ1n) is 5.71. The van der Waals surface area contributed by atoms with E-state index < -0.39 is 0 Å². The number of ether oxygens (including phenoxy) is 1. The molecule has 0 bridgehead atoms. The van der Waals surface area contributed by atoms with Gasteiger partial charge in [0.05, 0.1) is 0 Å². The number of rotatable bonds is 3. The second-order valence-corrected chi connectivity index (χ2v) is 4.10. The van der Waals surface area contributed by atoms with E-state index in [1.807, 2.05) is 13.0 Å². The molecule has 0 amide bonds. The molecule has 2 aromatic rings. The average molecular weight is 246 g/mol. The number of hydrogen-bond acceptors (Lipinski definition) is 3. The van der Waals surface area contributed by atoms with Crippen LogP contribution in [0.25, 0.3) is 0 Å². The van der Waals surface area contributed by atoms with E-state index in [0.717, 1.165) is 11.1 Å². The van der Waals surface area contributed by atoms with Gasteiger partial charge in [-0.25, -0.2) is 9.37 Å². The summed E-state index contributed by atoms with van der Waals surface area (Å²) in [6, 6.07) is 6.86. The third kappa shape index (κ3) is 2.33. The molecule has 1 aromatic carbocycles. The molecule has 0 unspecified atom stereocenters. The first-order chi connectivity index (χ1) is 8.63. The maximum atomic E-state index is 13.8. The maximum absolute atomic E-state index is 13.8. The number of hydrogen-bond donors (Lipinski definition) is 1. The molecule has 1 heterocycles. The SMILES string of the molecule is Cc1cccc(Oc2nccc(C)c2CN)c1F. The van der Waals surface area contributed by atoms with Crippen molar-refractivity contribution >= 4 is 0 Å². The van der Waals surface area contributed by atoms with E-state index in [1.165, 1.54) is 0 Å². The summed E-state index contributed by atoms with van der Waals surface area (Å²) in [5, 5.41) is 0. The van der Waals surface area contributed by atoms with Gasteiger partial charge in [0.25, 0.3) is 0 Å². The number of pyridine rings is 1. The molecule has 1 aromatic heterocycles. The fourth-order valence-electron chi connectivity index (χ4n) is 1.70. The fourth-order valence-corrected chi connectivity index (χ4v) is 1.70. The molecule has 18 heavy (non-hydrogen) atoms. The lowest BCUT2D eigenvalue weighted by atomic mass is 10.1. The normalized spacial score (nSPS) is 10.4. The van der Waals surface area contributed by atoms with Gasteiger partial charge in [-0.3, -0.25) is 0 Å². The minimum atomic E-state index is -0.372. The Morgan fingerprint density at radius 2 is 2.00 bits per heavy atom. The summed E-state index contributed by atoms with van der Waals surface area (Å²) in [4.78, 5) is 4.11. The van der Waals surface area contributed by atoms with Crippen molar-refractivity contribution in [1.29, 1.82) is 0 Å². The topological polar surface area (TPSA) is 48.1 Å². The number of benzene rings is 1. The summed E-state index contributed by atoms with van der Waals surface area (Å²) in [6.45, 7) is 3.92. The molecule has 94 valence electrons. The molecule has 0 saturated heterocycles. The largest absolute Gasteiger partial charge is 0.436 e. The summed E-state index contributed by atoms with van der Waals surface area (Å²) in [6.07, 6.45) is 1.62. The van der Waals surface area contributed by atoms with E-state index in [4.69, 9.17) is 10.5 Å². The number of nitrogens with zero attached hydrogens (tertiary/aromatic N) is 1. The molecular formula is C14H15FN2O. The lowest BCUT2D eigenvalue weighted by Gasteiger charge is -2.12. The van der Waals surface area contributed by atoms with Crippen LogP contribution in [0.5, 0.6) is 11.6 Å². The Kier molecular flexibility index (Phi) is 3.58. The van der Waals surface area contributed by atoms with Gasteiger partial charge in [-0.05, 0) is 37.1 Å². The molecule has 0 aliphatic heterocycles. The number of nitrogens with two attached hydrogens (primary N) is 1. The van der Waals surface area contributed by atoms with Gasteiger partial charge >= 0.3 is 0 Å². The van der Waals surface area contributed by atoms with Crippen molar-refractivity contribution in [2.45, 2.75) is 20.4 Å². The summed E-state index contributed by atoms with van der Waals surface area (Å²) in [7, 11) is 0. The zero-order valence-electron chi connectivity index (χ0n) is 10.4. The van der Waals surface area contributed by atoms with Gasteiger partial charge in [-0.2, -0.15) is 0 Å². The van der Waals surface area contributed by atoms with Crippen LogP contribution in [0.4, 0.5) is 4.39 Å². The van der Waals surface area contributed by atoms with Crippen LogP contribution in [0, 0.1) is 19.7 Å². The fraction of sp³-hybridized carbons (Fsp3) is 0.214. The molecule has 0 saturated carbocycles. The number of aromatic nitrogens is 1. The van der Waals surface area contributed by atoms with Crippen LogP contribution >= 0.6 is 0 Å². The van der Waals surface area contributed by atoms with Gasteiger partial charge in [0.2, 0.25) is 5.88 Å². The molecule has 2 N–H and O–H groups in total. The summed E-state index contributed by atoms with van der Waals surface area (Å²) >= 11 is 0. The summed E-state index contributed by atoms with van der Waals surface area (Å²) in [5.41, 5.74) is 7.97. The van der Waals surface area contributed by atoms with Gasteiger partial charge in [0.15, 0.2) is 11.6 Å². The Balaban J connectivity index is 2.40. The Morgan fingerprint density at radius 3 is 2.72 bits per heavy atom. The van der Waals surface area contributed by atoms with Crippen molar-refractivity contribution in [2.75, 3.05) is 0 Å². The van der Waals surface area contributed by atoms with E-state index in [2.05, 4.69) is 4.98 Å². The van der Waals surface area contributed by atoms with Crippen molar-refractivity contribution < 1.29 is 9.13 Å². The quantitative estimate of drug-likeness (QED) is 0.905. The Morgan fingerprint density at radius 1 is 1.22 bits per heavy atom. The van der Waals surface area contributed by atoms with Crippen LogP contribution in [-0.4, -0.2) is 4.98 Å². The smallest absolute Gasteiger partial charge is 0.224 e. The van der Waals surface area contributed by atoms with Crippen LogP contribution in [0.3, 0.4) is 0 Å². The minimum Gasteiger partial charge on any atom is -0.436 e. The second kappa shape index (κ2) is 5.14. The first kappa shape index (κ1) is 12.5. The molecule has 0 atom stereocenters. The van der Waals surface area contributed by atoms with E-state index in [1.54, 1.807) is 31.3 Å². The van der Waals surface area contributed by atoms with Crippen molar-refractivity contribution in [3.05, 3.63) is 53.0 Å². The highest BCUT2D eigenvalue weighted by molar-refractivity contribution is 5.38. The van der Waals surface area contributed by atoms with Gasteiger partial charge < -0.3 is 10.5 Å². The molecule has 0 aliphatic rings. The highest BCUT2D eigenvalue weighted by Crippen LogP contribution is 2.28. The molecule has 0 aliphatic carbocycles. The van der Waals surface area contributed by atoms with Gasteiger partial charge in [0, 0.05) is 18.3 Å². The molecular weight excluding hydrogens is 231 g/mol. The van der Waals surface area contributed by atoms with Crippen molar-refractivity contribution in [1.82, 2.24) is 4.98 Å². The van der Waals surface area contributed by atoms with Gasteiger partial charge in [0.1, 0.15) is 0 Å². The highest BCUT2D eigenvalue weighted by Gasteiger charge is 2.11. The van der Waals surface area contributed by atoms with Crippen LogP contribution < -0.4 is 10.5 Å². The third-order valence-corrected chi connectivity index (χ3v) is 2.82. The van der Waals surface area contributed by atoms with Crippen LogP contribution in [0.15, 0.2) is 30.5 Å².